The highest BCUT2D eigenvalue weighted by atomic mass is 32.2. The van der Waals surface area contributed by atoms with Gasteiger partial charge in [-0.25, -0.2) is 0 Å². The molecule has 16 heavy (non-hydrogen) atoms. The summed E-state index contributed by atoms with van der Waals surface area (Å²) in [6, 6.07) is 0.186. The number of nitrogens with one attached hydrogen (secondary N) is 1. The van der Waals surface area contributed by atoms with Gasteiger partial charge in [0.25, 0.3) is 0 Å². The lowest BCUT2D eigenvalue weighted by Gasteiger charge is -2.14. The Labute approximate surface area is 99.3 Å². The Balaban J connectivity index is 2.31. The maximum Gasteiger partial charge on any atom is 0.0753 e. The number of hydrogen-bond acceptors (Lipinski definition) is 4. The van der Waals surface area contributed by atoms with Gasteiger partial charge in [-0.2, -0.15) is 0 Å². The number of nitrogens with zero attached hydrogens (tertiary/aromatic N) is 2. The van der Waals surface area contributed by atoms with E-state index in [1.807, 2.05) is 6.92 Å². The average molecular weight is 241 g/mol. The van der Waals surface area contributed by atoms with E-state index in [4.69, 9.17) is 0 Å². The van der Waals surface area contributed by atoms with E-state index in [9.17, 15) is 4.21 Å². The van der Waals surface area contributed by atoms with E-state index >= 15 is 0 Å². The predicted molar refractivity (Wildman–Crippen MR) is 66.6 cm³/mol. The minimum atomic E-state index is -0.737. The molecule has 0 aliphatic heterocycles. The molecule has 1 aromatic heterocycles. The largest absolute Gasteiger partial charge is 0.309 e. The Morgan fingerprint density at radius 1 is 1.44 bits per heavy atom. The van der Waals surface area contributed by atoms with Crippen molar-refractivity contribution in [2.45, 2.75) is 31.6 Å². The van der Waals surface area contributed by atoms with E-state index in [1.165, 1.54) is 0 Å². The Bertz CT molecular complexity index is 331. The molecular weight excluding hydrogens is 222 g/mol. The van der Waals surface area contributed by atoms with Crippen LogP contribution in [0.2, 0.25) is 0 Å². The third-order valence-electron chi connectivity index (χ3n) is 2.59. The van der Waals surface area contributed by atoms with Gasteiger partial charge in [-0.05, 0) is 19.9 Å². The normalized spacial score (nSPS) is 16.7. The van der Waals surface area contributed by atoms with Gasteiger partial charge in [0.15, 0.2) is 0 Å². The van der Waals surface area contributed by atoms with Crippen LogP contribution in [0, 0.1) is 0 Å². The number of aromatic nitrogens is 2. The van der Waals surface area contributed by atoms with Crippen molar-refractivity contribution >= 4 is 10.8 Å². The monoisotopic (exact) mass is 241 g/mol. The number of hydrogen-bond donors (Lipinski definition) is 1. The van der Waals surface area contributed by atoms with Gasteiger partial charge in [0.1, 0.15) is 0 Å². The first-order chi connectivity index (χ1) is 7.61. The molecule has 0 bridgehead atoms. The second-order valence-electron chi connectivity index (χ2n) is 3.90. The highest BCUT2D eigenvalue weighted by Gasteiger charge is 2.08. The van der Waals surface area contributed by atoms with Crippen molar-refractivity contribution < 1.29 is 4.21 Å². The fourth-order valence-electron chi connectivity index (χ4n) is 1.31. The molecule has 0 spiro atoms. The van der Waals surface area contributed by atoms with Crippen LogP contribution in [0.15, 0.2) is 18.6 Å². The molecule has 0 aliphatic rings. The number of rotatable bonds is 6. The molecule has 1 heterocycles. The molecule has 4 nitrogen and oxygen atoms in total. The second-order valence-corrected chi connectivity index (χ2v) is 5.71. The molecule has 90 valence electrons. The Morgan fingerprint density at radius 3 is 2.75 bits per heavy atom. The molecular formula is C11H19N3OS. The highest BCUT2D eigenvalue weighted by molar-refractivity contribution is 7.84. The first-order valence-corrected chi connectivity index (χ1v) is 7.05. The van der Waals surface area contributed by atoms with Crippen LogP contribution in [0.5, 0.6) is 0 Å². The standard InChI is InChI=1S/C11H19N3OS/c1-9(16(3)15)4-5-13-10(2)11-8-12-6-7-14-11/h6-10,13H,4-5H2,1-3H3. The van der Waals surface area contributed by atoms with Crippen LogP contribution in [-0.2, 0) is 10.8 Å². The molecule has 0 aromatic carbocycles. The van der Waals surface area contributed by atoms with Crippen molar-refractivity contribution in [1.29, 1.82) is 0 Å². The minimum absolute atomic E-state index is 0.186. The Hall–Kier alpha value is -0.810. The van der Waals surface area contributed by atoms with E-state index in [2.05, 4.69) is 22.2 Å². The molecule has 1 aromatic rings. The molecule has 5 heteroatoms. The van der Waals surface area contributed by atoms with Crippen molar-refractivity contribution in [3.8, 4) is 0 Å². The Morgan fingerprint density at radius 2 is 2.19 bits per heavy atom. The lowest BCUT2D eigenvalue weighted by atomic mass is 10.2. The predicted octanol–water partition coefficient (Wildman–Crippen LogP) is 1.28. The van der Waals surface area contributed by atoms with Crippen LogP contribution in [0.3, 0.4) is 0 Å². The third-order valence-corrected chi connectivity index (χ3v) is 3.96. The van der Waals surface area contributed by atoms with Gasteiger partial charge in [-0.3, -0.25) is 14.2 Å². The summed E-state index contributed by atoms with van der Waals surface area (Å²) >= 11 is 0. The molecule has 0 fully saturated rings. The van der Waals surface area contributed by atoms with E-state index in [0.29, 0.717) is 0 Å². The van der Waals surface area contributed by atoms with Crippen LogP contribution in [-0.4, -0.2) is 32.2 Å². The van der Waals surface area contributed by atoms with Gasteiger partial charge in [-0.15, -0.1) is 0 Å². The topological polar surface area (TPSA) is 54.9 Å². The Kier molecular flexibility index (Phi) is 5.55. The lowest BCUT2D eigenvalue weighted by molar-refractivity contribution is 0.542. The molecule has 0 aliphatic carbocycles. The smallest absolute Gasteiger partial charge is 0.0753 e. The summed E-state index contributed by atoms with van der Waals surface area (Å²) in [5.74, 6) is 0. The zero-order valence-corrected chi connectivity index (χ0v) is 10.8. The molecule has 3 atom stereocenters. The maximum atomic E-state index is 11.2. The molecule has 1 N–H and O–H groups in total. The minimum Gasteiger partial charge on any atom is -0.309 e. The van der Waals surface area contributed by atoms with Gasteiger partial charge in [-0.1, -0.05) is 6.92 Å². The molecule has 1 rings (SSSR count). The summed E-state index contributed by atoms with van der Waals surface area (Å²) in [5.41, 5.74) is 0.938. The average Bonchev–Trinajstić information content (AvgIpc) is 2.29. The highest BCUT2D eigenvalue weighted by Crippen LogP contribution is 2.07. The molecule has 0 saturated heterocycles. The molecule has 0 radical (unpaired) electrons. The summed E-state index contributed by atoms with van der Waals surface area (Å²) in [5, 5.41) is 3.59. The zero-order chi connectivity index (χ0) is 12.0. The first kappa shape index (κ1) is 13.3. The van der Waals surface area contributed by atoms with Crippen LogP contribution >= 0.6 is 0 Å². The summed E-state index contributed by atoms with van der Waals surface area (Å²) < 4.78 is 11.2. The SMILES string of the molecule is CC(NCCC(C)S(C)=O)c1cnccn1. The van der Waals surface area contributed by atoms with Crippen LogP contribution in [0.4, 0.5) is 0 Å². The first-order valence-electron chi connectivity index (χ1n) is 5.42. The van der Waals surface area contributed by atoms with Crippen LogP contribution in [0.25, 0.3) is 0 Å². The summed E-state index contributed by atoms with van der Waals surface area (Å²) in [7, 11) is -0.737. The van der Waals surface area contributed by atoms with Gasteiger partial charge < -0.3 is 5.32 Å². The zero-order valence-electron chi connectivity index (χ0n) is 10.0. The molecule has 3 unspecified atom stereocenters. The van der Waals surface area contributed by atoms with Gasteiger partial charge in [0.2, 0.25) is 0 Å². The fraction of sp³-hybridized carbons (Fsp3) is 0.636. The third kappa shape index (κ3) is 4.37. The quantitative estimate of drug-likeness (QED) is 0.815. The molecule has 0 amide bonds. The second kappa shape index (κ2) is 6.70. The van der Waals surface area contributed by atoms with Crippen molar-refractivity contribution in [1.82, 2.24) is 15.3 Å². The van der Waals surface area contributed by atoms with Crippen molar-refractivity contribution in [2.24, 2.45) is 0 Å². The van der Waals surface area contributed by atoms with Gasteiger partial charge in [0.05, 0.1) is 5.69 Å². The van der Waals surface area contributed by atoms with E-state index in [-0.39, 0.29) is 11.3 Å². The van der Waals surface area contributed by atoms with E-state index in [0.717, 1.165) is 18.7 Å². The lowest BCUT2D eigenvalue weighted by Crippen LogP contribution is -2.24. The van der Waals surface area contributed by atoms with E-state index in [1.54, 1.807) is 24.8 Å². The van der Waals surface area contributed by atoms with Crippen molar-refractivity contribution in [2.75, 3.05) is 12.8 Å². The van der Waals surface area contributed by atoms with Gasteiger partial charge >= 0.3 is 0 Å². The van der Waals surface area contributed by atoms with Crippen molar-refractivity contribution in [3.05, 3.63) is 24.3 Å². The summed E-state index contributed by atoms with van der Waals surface area (Å²) in [6.07, 6.45) is 7.78. The summed E-state index contributed by atoms with van der Waals surface area (Å²) in [6.45, 7) is 4.90. The molecule has 0 saturated carbocycles. The van der Waals surface area contributed by atoms with Gasteiger partial charge in [0, 0.05) is 46.9 Å². The fourth-order valence-corrected chi connectivity index (χ4v) is 1.76. The maximum absolute atomic E-state index is 11.2. The van der Waals surface area contributed by atoms with Crippen LogP contribution in [0.1, 0.15) is 32.0 Å². The van der Waals surface area contributed by atoms with Crippen molar-refractivity contribution in [3.63, 3.8) is 0 Å². The summed E-state index contributed by atoms with van der Waals surface area (Å²) in [4.78, 5) is 8.25. The van der Waals surface area contributed by atoms with E-state index < -0.39 is 10.8 Å². The van der Waals surface area contributed by atoms with Crippen LogP contribution < -0.4 is 5.32 Å².